The van der Waals surface area contributed by atoms with Crippen molar-refractivity contribution in [1.29, 1.82) is 0 Å². The molecule has 0 aliphatic carbocycles. The molecule has 0 bridgehead atoms. The average molecular weight is 331 g/mol. The first-order valence-corrected chi connectivity index (χ1v) is 7.74. The van der Waals surface area contributed by atoms with Crippen LogP contribution in [-0.2, 0) is 18.3 Å². The zero-order valence-corrected chi connectivity index (χ0v) is 14.0. The van der Waals surface area contributed by atoms with E-state index in [0.717, 1.165) is 4.57 Å². The minimum atomic E-state index is -0.462. The smallest absolute Gasteiger partial charge is 0.328 e. The number of anilines is 1. The van der Waals surface area contributed by atoms with Crippen molar-refractivity contribution in [3.8, 4) is 5.75 Å². The predicted octanol–water partition coefficient (Wildman–Crippen LogP) is 1.35. The molecule has 1 amide bonds. The lowest BCUT2D eigenvalue weighted by atomic mass is 10.1. The van der Waals surface area contributed by atoms with Crippen molar-refractivity contribution >= 4 is 11.6 Å². The Morgan fingerprint density at radius 3 is 2.71 bits per heavy atom. The highest BCUT2D eigenvalue weighted by Gasteiger charge is 2.12. The van der Waals surface area contributed by atoms with E-state index in [9.17, 15) is 14.4 Å². The Labute approximate surface area is 139 Å². The number of benzene rings is 1. The normalized spacial score (nSPS) is 10.5. The minimum Gasteiger partial charge on any atom is -0.492 e. The molecule has 2 N–H and O–H groups in total. The maximum atomic E-state index is 12.2. The molecular formula is C17H21N3O4. The van der Waals surface area contributed by atoms with E-state index >= 15 is 0 Å². The molecule has 0 aliphatic heterocycles. The molecule has 0 saturated carbocycles. The van der Waals surface area contributed by atoms with Crippen LogP contribution in [0.15, 0.2) is 33.9 Å². The molecule has 128 valence electrons. The lowest BCUT2D eigenvalue weighted by Gasteiger charge is -2.11. The molecule has 1 aromatic carbocycles. The van der Waals surface area contributed by atoms with E-state index in [4.69, 9.17) is 4.74 Å². The number of nitrogens with zero attached hydrogens (tertiary/aromatic N) is 1. The molecule has 0 fully saturated rings. The zero-order valence-electron chi connectivity index (χ0n) is 14.0. The quantitative estimate of drug-likeness (QED) is 0.835. The number of ether oxygens (including phenoxy) is 1. The molecule has 0 aliphatic rings. The number of para-hydroxylation sites is 2. The molecule has 24 heavy (non-hydrogen) atoms. The number of amides is 1. The van der Waals surface area contributed by atoms with Crippen LogP contribution in [0.3, 0.4) is 0 Å². The first-order chi connectivity index (χ1) is 11.4. The Kier molecular flexibility index (Phi) is 5.57. The van der Waals surface area contributed by atoms with Gasteiger partial charge in [-0.05, 0) is 32.4 Å². The average Bonchev–Trinajstić information content (AvgIpc) is 2.55. The Morgan fingerprint density at radius 1 is 1.29 bits per heavy atom. The van der Waals surface area contributed by atoms with Gasteiger partial charge >= 0.3 is 5.69 Å². The number of aromatic nitrogens is 2. The Bertz CT molecular complexity index is 852. The van der Waals surface area contributed by atoms with Crippen LogP contribution in [0, 0.1) is 6.92 Å². The van der Waals surface area contributed by atoms with E-state index in [1.807, 2.05) is 13.0 Å². The molecule has 1 heterocycles. The van der Waals surface area contributed by atoms with Gasteiger partial charge in [0.2, 0.25) is 5.91 Å². The second kappa shape index (κ2) is 7.63. The number of rotatable bonds is 6. The number of aromatic amines is 1. The van der Waals surface area contributed by atoms with Crippen molar-refractivity contribution in [2.45, 2.75) is 26.7 Å². The number of H-pyrrole nitrogens is 1. The Hall–Kier alpha value is -2.83. The third-order valence-electron chi connectivity index (χ3n) is 3.68. The third kappa shape index (κ3) is 3.92. The van der Waals surface area contributed by atoms with Crippen LogP contribution in [-0.4, -0.2) is 22.1 Å². The standard InChI is InChI=1S/C17H21N3O4/c1-4-24-14-8-6-5-7-13(14)19-15(21)10-9-12-11(2)18-17(23)20(3)16(12)22/h5-8H,4,9-10H2,1-3H3,(H,18,23)(H,19,21). The van der Waals surface area contributed by atoms with Gasteiger partial charge in [0.05, 0.1) is 12.3 Å². The largest absolute Gasteiger partial charge is 0.492 e. The topological polar surface area (TPSA) is 93.2 Å². The number of carbonyl (C=O) groups excluding carboxylic acids is 1. The van der Waals surface area contributed by atoms with Crippen LogP contribution in [0.2, 0.25) is 0 Å². The molecule has 1 aromatic heterocycles. The van der Waals surface area contributed by atoms with Crippen LogP contribution in [0.4, 0.5) is 5.69 Å². The monoisotopic (exact) mass is 331 g/mol. The molecule has 0 atom stereocenters. The molecule has 0 spiro atoms. The van der Waals surface area contributed by atoms with Crippen LogP contribution < -0.4 is 21.3 Å². The van der Waals surface area contributed by atoms with E-state index in [1.54, 1.807) is 25.1 Å². The van der Waals surface area contributed by atoms with Crippen molar-refractivity contribution < 1.29 is 9.53 Å². The van der Waals surface area contributed by atoms with Crippen molar-refractivity contribution in [1.82, 2.24) is 9.55 Å². The van der Waals surface area contributed by atoms with Crippen molar-refractivity contribution in [2.24, 2.45) is 7.05 Å². The Morgan fingerprint density at radius 2 is 2.00 bits per heavy atom. The van der Waals surface area contributed by atoms with Gasteiger partial charge in [-0.15, -0.1) is 0 Å². The van der Waals surface area contributed by atoms with Crippen molar-refractivity contribution in [3.05, 3.63) is 56.4 Å². The molecular weight excluding hydrogens is 310 g/mol. The fourth-order valence-corrected chi connectivity index (χ4v) is 2.37. The SMILES string of the molecule is CCOc1ccccc1NC(=O)CCc1c(C)[nH]c(=O)n(C)c1=O. The van der Waals surface area contributed by atoms with E-state index < -0.39 is 5.69 Å². The molecule has 0 radical (unpaired) electrons. The summed E-state index contributed by atoms with van der Waals surface area (Å²) >= 11 is 0. The van der Waals surface area contributed by atoms with Gasteiger partial charge in [0.15, 0.2) is 0 Å². The van der Waals surface area contributed by atoms with Gasteiger partial charge < -0.3 is 15.0 Å². The fourth-order valence-electron chi connectivity index (χ4n) is 2.37. The molecule has 0 saturated heterocycles. The maximum Gasteiger partial charge on any atom is 0.328 e. The van der Waals surface area contributed by atoms with E-state index in [0.29, 0.717) is 29.3 Å². The third-order valence-corrected chi connectivity index (χ3v) is 3.68. The van der Waals surface area contributed by atoms with E-state index in [-0.39, 0.29) is 24.3 Å². The summed E-state index contributed by atoms with van der Waals surface area (Å²) in [4.78, 5) is 38.4. The van der Waals surface area contributed by atoms with Gasteiger partial charge in [-0.3, -0.25) is 14.2 Å². The van der Waals surface area contributed by atoms with Crippen LogP contribution in [0.1, 0.15) is 24.6 Å². The van der Waals surface area contributed by atoms with Crippen LogP contribution in [0.25, 0.3) is 0 Å². The van der Waals surface area contributed by atoms with E-state index in [1.165, 1.54) is 7.05 Å². The number of nitrogens with one attached hydrogen (secondary N) is 2. The molecule has 2 aromatic rings. The fraction of sp³-hybridized carbons (Fsp3) is 0.353. The number of hydrogen-bond donors (Lipinski definition) is 2. The summed E-state index contributed by atoms with van der Waals surface area (Å²) in [6.45, 7) is 4.02. The van der Waals surface area contributed by atoms with Gasteiger partial charge in [-0.2, -0.15) is 0 Å². The van der Waals surface area contributed by atoms with Gasteiger partial charge in [0.25, 0.3) is 5.56 Å². The first kappa shape index (κ1) is 17.5. The summed E-state index contributed by atoms with van der Waals surface area (Å²) in [5, 5.41) is 2.79. The summed E-state index contributed by atoms with van der Waals surface area (Å²) in [6, 6.07) is 7.17. The first-order valence-electron chi connectivity index (χ1n) is 7.74. The number of aryl methyl sites for hydroxylation is 1. The van der Waals surface area contributed by atoms with Crippen LogP contribution >= 0.6 is 0 Å². The zero-order chi connectivity index (χ0) is 17.7. The van der Waals surface area contributed by atoms with Crippen molar-refractivity contribution in [2.75, 3.05) is 11.9 Å². The molecule has 0 unspecified atom stereocenters. The summed E-state index contributed by atoms with van der Waals surface area (Å²) in [5.41, 5.74) is 0.682. The van der Waals surface area contributed by atoms with E-state index in [2.05, 4.69) is 10.3 Å². The number of hydrogen-bond acceptors (Lipinski definition) is 4. The minimum absolute atomic E-state index is 0.128. The lowest BCUT2D eigenvalue weighted by molar-refractivity contribution is -0.116. The van der Waals surface area contributed by atoms with Gasteiger partial charge in [-0.1, -0.05) is 12.1 Å². The van der Waals surface area contributed by atoms with Crippen molar-refractivity contribution in [3.63, 3.8) is 0 Å². The second-order valence-electron chi connectivity index (χ2n) is 5.38. The molecule has 7 nitrogen and oxygen atoms in total. The molecule has 2 rings (SSSR count). The van der Waals surface area contributed by atoms with Gasteiger partial charge in [0.1, 0.15) is 5.75 Å². The summed E-state index contributed by atoms with van der Waals surface area (Å²) in [7, 11) is 1.41. The second-order valence-corrected chi connectivity index (χ2v) is 5.38. The highest BCUT2D eigenvalue weighted by atomic mass is 16.5. The summed E-state index contributed by atoms with van der Waals surface area (Å²) in [5.74, 6) is 0.374. The summed E-state index contributed by atoms with van der Waals surface area (Å²) < 4.78 is 6.46. The maximum absolute atomic E-state index is 12.2. The summed E-state index contributed by atoms with van der Waals surface area (Å²) in [6.07, 6.45) is 0.376. The van der Waals surface area contributed by atoms with Gasteiger partial charge in [-0.25, -0.2) is 4.79 Å². The lowest BCUT2D eigenvalue weighted by Crippen LogP contribution is -2.36. The number of carbonyl (C=O) groups is 1. The van der Waals surface area contributed by atoms with Crippen LogP contribution in [0.5, 0.6) is 5.75 Å². The highest BCUT2D eigenvalue weighted by molar-refractivity contribution is 5.92. The highest BCUT2D eigenvalue weighted by Crippen LogP contribution is 2.23. The Balaban J connectivity index is 2.09. The van der Waals surface area contributed by atoms with Gasteiger partial charge in [0, 0.05) is 24.7 Å². The predicted molar refractivity (Wildman–Crippen MR) is 91.6 cm³/mol. The molecule has 7 heteroatoms.